The normalized spacial score (nSPS) is 10.8. The SMILES string of the molecule is C=CCNS(=O)(=O)c1cc(C(=O)N(CC(=O)OC)CC(=O)OC)ccc1F. The minimum atomic E-state index is -4.24. The first-order chi connectivity index (χ1) is 12.7. The lowest BCUT2D eigenvalue weighted by Crippen LogP contribution is -2.40. The van der Waals surface area contributed by atoms with Crippen LogP contribution in [0.1, 0.15) is 10.4 Å². The minimum Gasteiger partial charge on any atom is -0.468 e. The lowest BCUT2D eigenvalue weighted by Gasteiger charge is -2.20. The zero-order chi connectivity index (χ0) is 20.6. The molecule has 0 atom stereocenters. The summed E-state index contributed by atoms with van der Waals surface area (Å²) in [5.74, 6) is -3.58. The summed E-state index contributed by atoms with van der Waals surface area (Å²) in [6.07, 6.45) is 1.26. The van der Waals surface area contributed by atoms with Crippen molar-refractivity contribution in [2.75, 3.05) is 33.9 Å². The molecule has 9 nitrogen and oxygen atoms in total. The Morgan fingerprint density at radius 3 is 2.22 bits per heavy atom. The standard InChI is InChI=1S/C16H19FN2O7S/c1-4-7-18-27(23,24)13-8-11(5-6-12(13)17)16(22)19(9-14(20)25-2)10-15(21)26-3/h4-6,8,18H,1,7,9-10H2,2-3H3. The number of sulfonamides is 1. The Balaban J connectivity index is 3.26. The van der Waals surface area contributed by atoms with Crippen LogP contribution in [0, 0.1) is 5.82 Å². The van der Waals surface area contributed by atoms with Gasteiger partial charge in [-0.3, -0.25) is 14.4 Å². The van der Waals surface area contributed by atoms with Gasteiger partial charge in [0.25, 0.3) is 5.91 Å². The van der Waals surface area contributed by atoms with E-state index in [0.29, 0.717) is 0 Å². The van der Waals surface area contributed by atoms with Gasteiger partial charge in [0.1, 0.15) is 23.8 Å². The van der Waals surface area contributed by atoms with Gasteiger partial charge in [-0.05, 0) is 18.2 Å². The summed E-state index contributed by atoms with van der Waals surface area (Å²) < 4.78 is 49.2. The van der Waals surface area contributed by atoms with Crippen molar-refractivity contribution in [1.82, 2.24) is 9.62 Å². The number of rotatable bonds is 9. The molecule has 0 aliphatic carbocycles. The zero-order valence-corrected chi connectivity index (χ0v) is 15.5. The van der Waals surface area contributed by atoms with Crippen LogP contribution in [-0.4, -0.2) is 65.0 Å². The highest BCUT2D eigenvalue weighted by Crippen LogP contribution is 2.18. The molecule has 0 bridgehead atoms. The van der Waals surface area contributed by atoms with E-state index in [4.69, 9.17) is 0 Å². The minimum absolute atomic E-state index is 0.142. The molecule has 1 rings (SSSR count). The van der Waals surface area contributed by atoms with Crippen LogP contribution in [0.4, 0.5) is 4.39 Å². The molecule has 0 fully saturated rings. The number of nitrogens with zero attached hydrogens (tertiary/aromatic N) is 1. The number of methoxy groups -OCH3 is 2. The Labute approximate surface area is 155 Å². The molecule has 0 aliphatic heterocycles. The summed E-state index contributed by atoms with van der Waals surface area (Å²) in [6.45, 7) is 2.04. The Bertz CT molecular complexity index is 821. The smallest absolute Gasteiger partial charge is 0.325 e. The van der Waals surface area contributed by atoms with Crippen LogP contribution >= 0.6 is 0 Å². The summed E-state index contributed by atoms with van der Waals surface area (Å²) in [6, 6.07) is 2.64. The van der Waals surface area contributed by atoms with Crippen molar-refractivity contribution in [2.24, 2.45) is 0 Å². The highest BCUT2D eigenvalue weighted by molar-refractivity contribution is 7.89. The van der Waals surface area contributed by atoms with Gasteiger partial charge in [-0.2, -0.15) is 0 Å². The van der Waals surface area contributed by atoms with Crippen LogP contribution < -0.4 is 4.72 Å². The molecule has 11 heteroatoms. The van der Waals surface area contributed by atoms with Gasteiger partial charge in [-0.1, -0.05) is 6.08 Å². The molecule has 1 N–H and O–H groups in total. The summed E-state index contributed by atoms with van der Waals surface area (Å²) >= 11 is 0. The fraction of sp³-hybridized carbons (Fsp3) is 0.312. The number of halogens is 1. The highest BCUT2D eigenvalue weighted by atomic mass is 32.2. The maximum absolute atomic E-state index is 14.0. The maximum Gasteiger partial charge on any atom is 0.325 e. The average molecular weight is 402 g/mol. The van der Waals surface area contributed by atoms with Crippen molar-refractivity contribution in [1.29, 1.82) is 0 Å². The molecule has 148 valence electrons. The lowest BCUT2D eigenvalue weighted by molar-refractivity contribution is -0.144. The Kier molecular flexibility index (Phi) is 8.06. The van der Waals surface area contributed by atoms with Crippen LogP contribution in [0.5, 0.6) is 0 Å². The van der Waals surface area contributed by atoms with E-state index in [9.17, 15) is 27.2 Å². The lowest BCUT2D eigenvalue weighted by atomic mass is 10.2. The molecule has 0 saturated heterocycles. The topological polar surface area (TPSA) is 119 Å². The van der Waals surface area contributed by atoms with Crippen LogP contribution in [-0.2, 0) is 29.1 Å². The van der Waals surface area contributed by atoms with E-state index in [2.05, 4.69) is 20.8 Å². The molecule has 1 aromatic carbocycles. The molecular weight excluding hydrogens is 383 g/mol. The summed E-state index contributed by atoms with van der Waals surface area (Å²) in [4.78, 5) is 35.6. The predicted octanol–water partition coefficient (Wildman–Crippen LogP) is 0.0782. The Morgan fingerprint density at radius 1 is 1.19 bits per heavy atom. The first-order valence-electron chi connectivity index (χ1n) is 7.49. The fourth-order valence-corrected chi connectivity index (χ4v) is 3.01. The number of benzene rings is 1. The average Bonchev–Trinajstić information content (AvgIpc) is 2.65. The van der Waals surface area contributed by atoms with Gasteiger partial charge in [-0.15, -0.1) is 6.58 Å². The number of carbonyl (C=O) groups is 3. The second kappa shape index (κ2) is 9.78. The van der Waals surface area contributed by atoms with Crippen molar-refractivity contribution in [3.05, 3.63) is 42.2 Å². The van der Waals surface area contributed by atoms with Gasteiger partial charge in [0.05, 0.1) is 14.2 Å². The van der Waals surface area contributed by atoms with Crippen LogP contribution in [0.25, 0.3) is 0 Å². The molecule has 0 saturated carbocycles. The van der Waals surface area contributed by atoms with Crippen LogP contribution in [0.2, 0.25) is 0 Å². The van der Waals surface area contributed by atoms with Crippen molar-refractivity contribution >= 4 is 27.9 Å². The zero-order valence-electron chi connectivity index (χ0n) is 14.7. The van der Waals surface area contributed by atoms with Crippen LogP contribution in [0.3, 0.4) is 0 Å². The number of carbonyl (C=O) groups excluding carboxylic acids is 3. The summed E-state index contributed by atoms with van der Waals surface area (Å²) in [7, 11) is -2.05. The third-order valence-electron chi connectivity index (χ3n) is 3.27. The van der Waals surface area contributed by atoms with Crippen molar-refractivity contribution in [2.45, 2.75) is 4.90 Å². The van der Waals surface area contributed by atoms with E-state index in [1.165, 1.54) is 6.08 Å². The molecule has 0 spiro atoms. The molecule has 0 aliphatic rings. The van der Waals surface area contributed by atoms with Crippen molar-refractivity contribution < 1.29 is 36.7 Å². The summed E-state index contributed by atoms with van der Waals surface area (Å²) in [5.41, 5.74) is -0.247. The van der Waals surface area contributed by atoms with Gasteiger partial charge in [0.15, 0.2) is 0 Å². The van der Waals surface area contributed by atoms with E-state index in [1.807, 2.05) is 0 Å². The number of ether oxygens (including phenoxy) is 2. The van der Waals surface area contributed by atoms with Gasteiger partial charge in [0.2, 0.25) is 10.0 Å². The maximum atomic E-state index is 14.0. The van der Waals surface area contributed by atoms with Crippen molar-refractivity contribution in [3.63, 3.8) is 0 Å². The van der Waals surface area contributed by atoms with E-state index in [0.717, 1.165) is 37.3 Å². The van der Waals surface area contributed by atoms with Gasteiger partial charge < -0.3 is 14.4 Å². The number of hydrogen-bond donors (Lipinski definition) is 1. The second-order valence-electron chi connectivity index (χ2n) is 5.10. The number of esters is 2. The van der Waals surface area contributed by atoms with Crippen LogP contribution in [0.15, 0.2) is 35.7 Å². The Hall–Kier alpha value is -2.79. The molecule has 1 amide bonds. The highest BCUT2D eigenvalue weighted by Gasteiger charge is 2.25. The third-order valence-corrected chi connectivity index (χ3v) is 4.71. The largest absolute Gasteiger partial charge is 0.468 e. The molecule has 0 heterocycles. The third kappa shape index (κ3) is 6.15. The molecule has 0 unspecified atom stereocenters. The predicted molar refractivity (Wildman–Crippen MR) is 91.7 cm³/mol. The van der Waals surface area contributed by atoms with E-state index >= 15 is 0 Å². The summed E-state index contributed by atoms with van der Waals surface area (Å²) in [5, 5.41) is 0. The fourth-order valence-electron chi connectivity index (χ4n) is 1.91. The van der Waals surface area contributed by atoms with Crippen molar-refractivity contribution in [3.8, 4) is 0 Å². The first kappa shape index (κ1) is 22.3. The molecule has 1 aromatic rings. The van der Waals surface area contributed by atoms with E-state index < -0.39 is 51.7 Å². The first-order valence-corrected chi connectivity index (χ1v) is 8.97. The molecule has 27 heavy (non-hydrogen) atoms. The second-order valence-corrected chi connectivity index (χ2v) is 6.83. The Morgan fingerprint density at radius 2 is 1.74 bits per heavy atom. The number of hydrogen-bond acceptors (Lipinski definition) is 7. The van der Waals surface area contributed by atoms with Gasteiger partial charge in [0, 0.05) is 12.1 Å². The van der Waals surface area contributed by atoms with Gasteiger partial charge >= 0.3 is 11.9 Å². The molecule has 0 radical (unpaired) electrons. The monoisotopic (exact) mass is 402 g/mol. The quantitative estimate of drug-likeness (QED) is 0.459. The molecular formula is C16H19FN2O7S. The number of nitrogens with one attached hydrogen (secondary N) is 1. The van der Waals surface area contributed by atoms with E-state index in [-0.39, 0.29) is 12.1 Å². The van der Waals surface area contributed by atoms with Gasteiger partial charge in [-0.25, -0.2) is 17.5 Å². The van der Waals surface area contributed by atoms with E-state index in [1.54, 1.807) is 0 Å². The molecule has 0 aromatic heterocycles. The number of amides is 1.